The number of fused-ring (bicyclic) bond motifs is 1. The molecular weight excluding hydrogens is 158 g/mol. The van der Waals surface area contributed by atoms with Crippen LogP contribution in [0.1, 0.15) is 18.4 Å². The lowest BCUT2D eigenvalue weighted by molar-refractivity contribution is 0.639. The van der Waals surface area contributed by atoms with E-state index < -0.39 is 0 Å². The molecule has 1 N–H and O–H groups in total. The number of anilines is 1. The second-order valence-corrected chi connectivity index (χ2v) is 3.56. The molecule has 0 radical (unpaired) electrons. The molecule has 0 aliphatic carbocycles. The van der Waals surface area contributed by atoms with Gasteiger partial charge in [-0.05, 0) is 30.9 Å². The van der Waals surface area contributed by atoms with Gasteiger partial charge in [-0.2, -0.15) is 0 Å². The number of aryl methyl sites for hydroxylation is 1. The van der Waals surface area contributed by atoms with E-state index in [1.54, 1.807) is 0 Å². The molecule has 2 rings (SSSR count). The van der Waals surface area contributed by atoms with Crippen molar-refractivity contribution in [1.29, 1.82) is 0 Å². The molecular formula is C12H15N. The third-order valence-electron chi connectivity index (χ3n) is 2.59. The summed E-state index contributed by atoms with van der Waals surface area (Å²) >= 11 is 0. The summed E-state index contributed by atoms with van der Waals surface area (Å²) in [5, 5.41) is 3.53. The Morgan fingerprint density at radius 3 is 3.15 bits per heavy atom. The lowest BCUT2D eigenvalue weighted by Gasteiger charge is -2.26. The summed E-state index contributed by atoms with van der Waals surface area (Å²) in [6, 6.07) is 9.14. The molecule has 1 aromatic rings. The zero-order valence-electron chi connectivity index (χ0n) is 7.79. The molecule has 0 bridgehead atoms. The molecule has 0 spiro atoms. The second-order valence-electron chi connectivity index (χ2n) is 3.56. The first-order valence-corrected chi connectivity index (χ1v) is 4.85. The van der Waals surface area contributed by atoms with Crippen LogP contribution >= 0.6 is 0 Å². The predicted molar refractivity (Wildman–Crippen MR) is 57.0 cm³/mol. The number of rotatable bonds is 2. The maximum atomic E-state index is 3.77. The average molecular weight is 173 g/mol. The minimum atomic E-state index is 0.590. The van der Waals surface area contributed by atoms with Crippen LogP contribution < -0.4 is 5.32 Å². The second kappa shape index (κ2) is 3.65. The summed E-state index contributed by atoms with van der Waals surface area (Å²) in [4.78, 5) is 0. The Hall–Kier alpha value is -1.24. The Morgan fingerprint density at radius 2 is 2.31 bits per heavy atom. The molecule has 0 saturated carbocycles. The van der Waals surface area contributed by atoms with Crippen LogP contribution in [0, 0.1) is 0 Å². The van der Waals surface area contributed by atoms with Gasteiger partial charge in [0.15, 0.2) is 0 Å². The van der Waals surface area contributed by atoms with Gasteiger partial charge in [-0.3, -0.25) is 0 Å². The summed E-state index contributed by atoms with van der Waals surface area (Å²) < 4.78 is 0. The van der Waals surface area contributed by atoms with Gasteiger partial charge in [0.1, 0.15) is 0 Å². The molecule has 0 saturated heterocycles. The quantitative estimate of drug-likeness (QED) is 0.678. The first-order valence-electron chi connectivity index (χ1n) is 4.85. The van der Waals surface area contributed by atoms with Crippen LogP contribution in [0.4, 0.5) is 5.69 Å². The summed E-state index contributed by atoms with van der Waals surface area (Å²) in [5.41, 5.74) is 2.75. The van der Waals surface area contributed by atoms with Crippen molar-refractivity contribution in [2.45, 2.75) is 25.3 Å². The molecule has 1 aliphatic heterocycles. The molecule has 1 heterocycles. The third-order valence-corrected chi connectivity index (χ3v) is 2.59. The van der Waals surface area contributed by atoms with Crippen molar-refractivity contribution in [3.8, 4) is 0 Å². The van der Waals surface area contributed by atoms with Crippen LogP contribution in [0.5, 0.6) is 0 Å². The molecule has 1 heteroatoms. The Kier molecular flexibility index (Phi) is 2.35. The molecule has 1 nitrogen and oxygen atoms in total. The standard InChI is InChI=1S/C12H15N/c1-2-5-11-9-8-10-6-3-4-7-12(10)13-11/h2-4,6-7,11,13H,1,5,8-9H2/t11-/m1/s1. The Balaban J connectivity index is 2.15. The van der Waals surface area contributed by atoms with Gasteiger partial charge < -0.3 is 5.32 Å². The molecule has 68 valence electrons. The first kappa shape index (κ1) is 8.36. The van der Waals surface area contributed by atoms with Crippen LogP contribution in [-0.2, 0) is 6.42 Å². The van der Waals surface area contributed by atoms with Crippen molar-refractivity contribution < 1.29 is 0 Å². The maximum Gasteiger partial charge on any atom is 0.0374 e. The van der Waals surface area contributed by atoms with Crippen LogP contribution in [0.2, 0.25) is 0 Å². The highest BCUT2D eigenvalue weighted by atomic mass is 14.9. The van der Waals surface area contributed by atoms with Gasteiger partial charge in [-0.15, -0.1) is 6.58 Å². The fourth-order valence-electron chi connectivity index (χ4n) is 1.88. The first-order chi connectivity index (χ1) is 6.40. The SMILES string of the molecule is C=CC[C@@H]1CCc2ccccc2N1. The number of benzene rings is 1. The summed E-state index contributed by atoms with van der Waals surface area (Å²) in [5.74, 6) is 0. The summed E-state index contributed by atoms with van der Waals surface area (Å²) in [6.45, 7) is 3.77. The fraction of sp³-hybridized carbons (Fsp3) is 0.333. The van der Waals surface area contributed by atoms with E-state index in [9.17, 15) is 0 Å². The molecule has 0 fully saturated rings. The number of para-hydroxylation sites is 1. The van der Waals surface area contributed by atoms with Gasteiger partial charge in [0.2, 0.25) is 0 Å². The fourth-order valence-corrected chi connectivity index (χ4v) is 1.88. The largest absolute Gasteiger partial charge is 0.382 e. The Morgan fingerprint density at radius 1 is 1.46 bits per heavy atom. The van der Waals surface area contributed by atoms with Crippen molar-refractivity contribution in [2.75, 3.05) is 5.32 Å². The molecule has 0 unspecified atom stereocenters. The van der Waals surface area contributed by atoms with Crippen LogP contribution in [0.15, 0.2) is 36.9 Å². The number of nitrogens with one attached hydrogen (secondary N) is 1. The zero-order valence-corrected chi connectivity index (χ0v) is 7.79. The normalized spacial score (nSPS) is 20.2. The molecule has 1 aliphatic rings. The van der Waals surface area contributed by atoms with Crippen molar-refractivity contribution in [3.05, 3.63) is 42.5 Å². The average Bonchev–Trinajstić information content (AvgIpc) is 2.18. The third kappa shape index (κ3) is 1.74. The summed E-state index contributed by atoms with van der Waals surface area (Å²) in [6.07, 6.45) is 5.48. The van der Waals surface area contributed by atoms with Crippen LogP contribution in [0.3, 0.4) is 0 Å². The zero-order chi connectivity index (χ0) is 9.10. The summed E-state index contributed by atoms with van der Waals surface area (Å²) in [7, 11) is 0. The molecule has 1 aromatic carbocycles. The highest BCUT2D eigenvalue weighted by Crippen LogP contribution is 2.25. The van der Waals surface area contributed by atoms with E-state index in [4.69, 9.17) is 0 Å². The number of hydrogen-bond acceptors (Lipinski definition) is 1. The lowest BCUT2D eigenvalue weighted by atomic mass is 9.96. The van der Waals surface area contributed by atoms with Crippen LogP contribution in [-0.4, -0.2) is 6.04 Å². The minimum absolute atomic E-state index is 0.590. The van der Waals surface area contributed by atoms with E-state index in [0.717, 1.165) is 6.42 Å². The highest BCUT2D eigenvalue weighted by Gasteiger charge is 2.14. The molecule has 1 atom stereocenters. The van der Waals surface area contributed by atoms with Gasteiger partial charge in [0.05, 0.1) is 0 Å². The van der Waals surface area contributed by atoms with E-state index in [0.29, 0.717) is 6.04 Å². The number of hydrogen-bond donors (Lipinski definition) is 1. The lowest BCUT2D eigenvalue weighted by Crippen LogP contribution is -2.24. The van der Waals surface area contributed by atoms with Crippen molar-refractivity contribution >= 4 is 5.69 Å². The Bertz CT molecular complexity index is 304. The minimum Gasteiger partial charge on any atom is -0.382 e. The molecule has 13 heavy (non-hydrogen) atoms. The predicted octanol–water partition coefficient (Wildman–Crippen LogP) is 2.99. The van der Waals surface area contributed by atoms with Gasteiger partial charge >= 0.3 is 0 Å². The van der Waals surface area contributed by atoms with Crippen molar-refractivity contribution in [3.63, 3.8) is 0 Å². The van der Waals surface area contributed by atoms with Crippen molar-refractivity contribution in [1.82, 2.24) is 0 Å². The topological polar surface area (TPSA) is 12.0 Å². The van der Waals surface area contributed by atoms with Gasteiger partial charge in [0.25, 0.3) is 0 Å². The highest BCUT2D eigenvalue weighted by molar-refractivity contribution is 5.53. The van der Waals surface area contributed by atoms with Gasteiger partial charge in [-0.25, -0.2) is 0 Å². The van der Waals surface area contributed by atoms with E-state index in [1.807, 2.05) is 6.08 Å². The van der Waals surface area contributed by atoms with E-state index >= 15 is 0 Å². The van der Waals surface area contributed by atoms with Gasteiger partial charge in [-0.1, -0.05) is 24.3 Å². The monoisotopic (exact) mass is 173 g/mol. The van der Waals surface area contributed by atoms with Gasteiger partial charge in [0, 0.05) is 11.7 Å². The molecule has 0 amide bonds. The van der Waals surface area contributed by atoms with E-state index in [1.165, 1.54) is 24.1 Å². The molecule has 0 aromatic heterocycles. The van der Waals surface area contributed by atoms with Crippen molar-refractivity contribution in [2.24, 2.45) is 0 Å². The Labute approximate surface area is 79.5 Å². The maximum absolute atomic E-state index is 3.77. The van der Waals surface area contributed by atoms with Crippen LogP contribution in [0.25, 0.3) is 0 Å². The van der Waals surface area contributed by atoms with E-state index in [-0.39, 0.29) is 0 Å². The smallest absolute Gasteiger partial charge is 0.0374 e. The van der Waals surface area contributed by atoms with E-state index in [2.05, 4.69) is 36.2 Å².